The SMILES string of the molecule is CCOc1ccc(CN2CCNC(C)C2)cc1. The fourth-order valence-electron chi connectivity index (χ4n) is 2.27. The number of nitrogens with zero attached hydrogens (tertiary/aromatic N) is 1. The van der Waals surface area contributed by atoms with Gasteiger partial charge >= 0.3 is 0 Å². The molecule has 3 heteroatoms. The summed E-state index contributed by atoms with van der Waals surface area (Å²) in [5, 5.41) is 3.46. The van der Waals surface area contributed by atoms with Crippen LogP contribution in [0.4, 0.5) is 0 Å². The minimum atomic E-state index is 0.603. The standard InChI is InChI=1S/C14H22N2O/c1-3-17-14-6-4-13(5-7-14)11-16-9-8-15-12(2)10-16/h4-7,12,15H,3,8-11H2,1-2H3. The Balaban J connectivity index is 1.89. The summed E-state index contributed by atoms with van der Waals surface area (Å²) in [6.45, 7) is 9.39. The maximum atomic E-state index is 5.44. The lowest BCUT2D eigenvalue weighted by molar-refractivity contribution is 0.199. The van der Waals surface area contributed by atoms with E-state index in [4.69, 9.17) is 4.74 Å². The molecule has 1 fully saturated rings. The summed E-state index contributed by atoms with van der Waals surface area (Å²) in [5.74, 6) is 0.963. The highest BCUT2D eigenvalue weighted by Gasteiger charge is 2.15. The van der Waals surface area contributed by atoms with E-state index in [0.29, 0.717) is 6.04 Å². The van der Waals surface area contributed by atoms with Crippen LogP contribution in [0.3, 0.4) is 0 Å². The maximum Gasteiger partial charge on any atom is 0.119 e. The summed E-state index contributed by atoms with van der Waals surface area (Å²) in [6.07, 6.45) is 0. The summed E-state index contributed by atoms with van der Waals surface area (Å²) in [6, 6.07) is 9.05. The molecule has 0 aliphatic carbocycles. The van der Waals surface area contributed by atoms with Crippen molar-refractivity contribution < 1.29 is 4.74 Å². The topological polar surface area (TPSA) is 24.5 Å². The van der Waals surface area contributed by atoms with Crippen molar-refractivity contribution in [1.82, 2.24) is 10.2 Å². The van der Waals surface area contributed by atoms with Gasteiger partial charge in [-0.25, -0.2) is 0 Å². The van der Waals surface area contributed by atoms with Crippen LogP contribution < -0.4 is 10.1 Å². The van der Waals surface area contributed by atoms with Crippen molar-refractivity contribution in [3.63, 3.8) is 0 Å². The number of piperazine rings is 1. The summed E-state index contributed by atoms with van der Waals surface area (Å²) in [7, 11) is 0. The van der Waals surface area contributed by atoms with Gasteiger partial charge in [-0.15, -0.1) is 0 Å². The number of hydrogen-bond donors (Lipinski definition) is 1. The molecule has 1 aromatic rings. The Morgan fingerprint density at radius 3 is 2.76 bits per heavy atom. The second kappa shape index (κ2) is 6.03. The Labute approximate surface area is 104 Å². The Kier molecular flexibility index (Phi) is 4.40. The third-order valence-corrected chi connectivity index (χ3v) is 3.09. The number of rotatable bonds is 4. The lowest BCUT2D eigenvalue weighted by atomic mass is 10.1. The van der Waals surface area contributed by atoms with Gasteiger partial charge in [0.05, 0.1) is 6.61 Å². The fraction of sp³-hybridized carbons (Fsp3) is 0.571. The van der Waals surface area contributed by atoms with Gasteiger partial charge in [0.15, 0.2) is 0 Å². The van der Waals surface area contributed by atoms with Crippen molar-refractivity contribution in [1.29, 1.82) is 0 Å². The van der Waals surface area contributed by atoms with Crippen molar-refractivity contribution in [3.8, 4) is 5.75 Å². The zero-order valence-electron chi connectivity index (χ0n) is 10.8. The Hall–Kier alpha value is -1.06. The van der Waals surface area contributed by atoms with Crippen molar-refractivity contribution in [2.45, 2.75) is 26.4 Å². The third kappa shape index (κ3) is 3.72. The third-order valence-electron chi connectivity index (χ3n) is 3.09. The molecule has 0 aromatic heterocycles. The molecular weight excluding hydrogens is 212 g/mol. The highest BCUT2D eigenvalue weighted by Crippen LogP contribution is 2.14. The summed E-state index contributed by atoms with van der Waals surface area (Å²) in [4.78, 5) is 2.50. The first kappa shape index (κ1) is 12.4. The average Bonchev–Trinajstić information content (AvgIpc) is 2.32. The van der Waals surface area contributed by atoms with Crippen LogP contribution >= 0.6 is 0 Å². The number of nitrogens with one attached hydrogen (secondary N) is 1. The van der Waals surface area contributed by atoms with E-state index in [1.807, 2.05) is 6.92 Å². The lowest BCUT2D eigenvalue weighted by Crippen LogP contribution is -2.48. The minimum absolute atomic E-state index is 0.603. The van der Waals surface area contributed by atoms with Gasteiger partial charge in [-0.3, -0.25) is 4.90 Å². The van der Waals surface area contributed by atoms with Crippen LogP contribution in [0, 0.1) is 0 Å². The predicted molar refractivity (Wildman–Crippen MR) is 70.4 cm³/mol. The van der Waals surface area contributed by atoms with E-state index >= 15 is 0 Å². The molecule has 1 aliphatic rings. The number of ether oxygens (including phenoxy) is 1. The summed E-state index contributed by atoms with van der Waals surface area (Å²) in [5.41, 5.74) is 1.36. The van der Waals surface area contributed by atoms with E-state index in [1.165, 1.54) is 5.56 Å². The molecule has 3 nitrogen and oxygen atoms in total. The smallest absolute Gasteiger partial charge is 0.119 e. The molecule has 1 saturated heterocycles. The molecule has 0 radical (unpaired) electrons. The highest BCUT2D eigenvalue weighted by atomic mass is 16.5. The number of benzene rings is 1. The molecule has 1 unspecified atom stereocenters. The van der Waals surface area contributed by atoms with Crippen LogP contribution in [0.15, 0.2) is 24.3 Å². The molecule has 94 valence electrons. The van der Waals surface area contributed by atoms with Crippen LogP contribution in [0.2, 0.25) is 0 Å². The van der Waals surface area contributed by atoms with Crippen LogP contribution in [0.1, 0.15) is 19.4 Å². The first-order valence-electron chi connectivity index (χ1n) is 6.45. The molecule has 1 aliphatic heterocycles. The molecule has 0 bridgehead atoms. The Morgan fingerprint density at radius 1 is 1.35 bits per heavy atom. The second-order valence-corrected chi connectivity index (χ2v) is 4.67. The van der Waals surface area contributed by atoms with E-state index < -0.39 is 0 Å². The van der Waals surface area contributed by atoms with Crippen molar-refractivity contribution in [2.24, 2.45) is 0 Å². The van der Waals surface area contributed by atoms with Gasteiger partial charge in [0.2, 0.25) is 0 Å². The fourth-order valence-corrected chi connectivity index (χ4v) is 2.27. The highest BCUT2D eigenvalue weighted by molar-refractivity contribution is 5.27. The van der Waals surface area contributed by atoms with E-state index in [9.17, 15) is 0 Å². The summed E-state index contributed by atoms with van der Waals surface area (Å²) < 4.78 is 5.44. The minimum Gasteiger partial charge on any atom is -0.494 e. The quantitative estimate of drug-likeness (QED) is 0.861. The Morgan fingerprint density at radius 2 is 2.12 bits per heavy atom. The van der Waals surface area contributed by atoms with Crippen LogP contribution in [0.5, 0.6) is 5.75 Å². The van der Waals surface area contributed by atoms with Gasteiger partial charge in [-0.1, -0.05) is 12.1 Å². The molecule has 17 heavy (non-hydrogen) atoms. The molecule has 1 atom stereocenters. The van der Waals surface area contributed by atoms with Gasteiger partial charge in [0.25, 0.3) is 0 Å². The molecule has 0 spiro atoms. The molecule has 1 heterocycles. The van der Waals surface area contributed by atoms with Gasteiger partial charge in [-0.05, 0) is 31.5 Å². The predicted octanol–water partition coefficient (Wildman–Crippen LogP) is 1.88. The van der Waals surface area contributed by atoms with Crippen LogP contribution in [0.25, 0.3) is 0 Å². The number of hydrogen-bond acceptors (Lipinski definition) is 3. The first-order valence-corrected chi connectivity index (χ1v) is 6.45. The normalized spacial score (nSPS) is 21.4. The largest absolute Gasteiger partial charge is 0.494 e. The molecule has 1 aromatic carbocycles. The van der Waals surface area contributed by atoms with Gasteiger partial charge in [0.1, 0.15) is 5.75 Å². The van der Waals surface area contributed by atoms with Gasteiger partial charge in [0, 0.05) is 32.2 Å². The molecule has 0 amide bonds. The van der Waals surface area contributed by atoms with Crippen LogP contribution in [-0.2, 0) is 6.54 Å². The van der Waals surface area contributed by atoms with Crippen molar-refractivity contribution in [2.75, 3.05) is 26.2 Å². The van der Waals surface area contributed by atoms with E-state index in [2.05, 4.69) is 41.4 Å². The zero-order valence-corrected chi connectivity index (χ0v) is 10.8. The maximum absolute atomic E-state index is 5.44. The molecule has 0 saturated carbocycles. The van der Waals surface area contributed by atoms with Crippen LogP contribution in [-0.4, -0.2) is 37.2 Å². The first-order chi connectivity index (χ1) is 8.28. The average molecular weight is 234 g/mol. The monoisotopic (exact) mass is 234 g/mol. The van der Waals surface area contributed by atoms with E-state index in [-0.39, 0.29) is 0 Å². The van der Waals surface area contributed by atoms with E-state index in [1.54, 1.807) is 0 Å². The zero-order chi connectivity index (χ0) is 12.1. The van der Waals surface area contributed by atoms with Crippen molar-refractivity contribution >= 4 is 0 Å². The molecule has 1 N–H and O–H groups in total. The summed E-state index contributed by atoms with van der Waals surface area (Å²) >= 11 is 0. The second-order valence-electron chi connectivity index (χ2n) is 4.67. The molecular formula is C14H22N2O. The van der Waals surface area contributed by atoms with Crippen molar-refractivity contribution in [3.05, 3.63) is 29.8 Å². The lowest BCUT2D eigenvalue weighted by Gasteiger charge is -2.31. The van der Waals surface area contributed by atoms with Gasteiger partial charge in [-0.2, -0.15) is 0 Å². The van der Waals surface area contributed by atoms with Gasteiger partial charge < -0.3 is 10.1 Å². The Bertz CT molecular complexity index is 337. The molecule has 2 rings (SSSR count). The van der Waals surface area contributed by atoms with E-state index in [0.717, 1.165) is 38.5 Å².